The number of fused-ring (bicyclic) bond motifs is 5. The summed E-state index contributed by atoms with van der Waals surface area (Å²) < 4.78 is 2.93. The molecule has 1 fully saturated rings. The Bertz CT molecular complexity index is 1010. The van der Waals surface area contributed by atoms with E-state index in [0.717, 1.165) is 22.3 Å². The number of pyridine rings is 1. The zero-order valence-electron chi connectivity index (χ0n) is 13.6. The molecule has 0 spiro atoms. The number of rotatable bonds is 1. The van der Waals surface area contributed by atoms with Gasteiger partial charge in [0.2, 0.25) is 0 Å². The van der Waals surface area contributed by atoms with Gasteiger partial charge in [0, 0.05) is 37.3 Å². The molecule has 25 heavy (non-hydrogen) atoms. The van der Waals surface area contributed by atoms with Crippen molar-refractivity contribution in [2.45, 2.75) is 18.9 Å². The second kappa shape index (κ2) is 5.52. The van der Waals surface area contributed by atoms with Crippen molar-refractivity contribution in [2.24, 2.45) is 5.92 Å². The number of aromatic nitrogens is 2. The number of carbonyl (C=O) groups is 1. The van der Waals surface area contributed by atoms with Crippen LogP contribution in [0.4, 0.5) is 0 Å². The van der Waals surface area contributed by atoms with E-state index < -0.39 is 0 Å². The van der Waals surface area contributed by atoms with Crippen LogP contribution in [-0.2, 0) is 6.54 Å². The van der Waals surface area contributed by atoms with E-state index in [1.54, 1.807) is 6.07 Å². The minimum atomic E-state index is 0.0163. The van der Waals surface area contributed by atoms with Gasteiger partial charge in [0.25, 0.3) is 11.5 Å². The summed E-state index contributed by atoms with van der Waals surface area (Å²) >= 11 is 1.46. The van der Waals surface area contributed by atoms with E-state index >= 15 is 0 Å². The molecule has 0 unspecified atom stereocenters. The molecule has 0 saturated carbocycles. The van der Waals surface area contributed by atoms with Gasteiger partial charge in [-0.05, 0) is 30.5 Å². The average molecular weight is 351 g/mol. The second-order valence-corrected chi connectivity index (χ2v) is 7.93. The van der Waals surface area contributed by atoms with E-state index in [4.69, 9.17) is 0 Å². The van der Waals surface area contributed by atoms with Crippen LogP contribution >= 0.6 is 11.3 Å². The molecule has 2 aliphatic rings. The number of carbonyl (C=O) groups excluding carboxylic acids is 1. The van der Waals surface area contributed by atoms with Crippen molar-refractivity contribution in [1.82, 2.24) is 14.5 Å². The minimum absolute atomic E-state index is 0.0163. The molecule has 2 bridgehead atoms. The molecule has 2 aliphatic heterocycles. The Balaban J connectivity index is 1.46. The Hall–Kier alpha value is -2.47. The third-order valence-electron chi connectivity index (χ3n) is 5.24. The van der Waals surface area contributed by atoms with Gasteiger partial charge in [-0.15, -0.1) is 11.3 Å². The molecule has 0 aliphatic carbocycles. The first-order chi connectivity index (χ1) is 12.2. The molecule has 126 valence electrons. The Labute approximate surface area is 148 Å². The number of nitrogens with zero attached hydrogens (tertiary/aromatic N) is 3. The SMILES string of the molecule is O=C(c1nc2ccccc2s1)N1C[C@H]2C[C@@H](C1)c1cccc(=O)n1C2. The van der Waals surface area contributed by atoms with Gasteiger partial charge in [-0.2, -0.15) is 0 Å². The van der Waals surface area contributed by atoms with Crippen LogP contribution in [-0.4, -0.2) is 33.4 Å². The highest BCUT2D eigenvalue weighted by Crippen LogP contribution is 2.36. The highest BCUT2D eigenvalue weighted by molar-refractivity contribution is 7.20. The Morgan fingerprint density at radius 3 is 2.84 bits per heavy atom. The monoisotopic (exact) mass is 351 g/mol. The molecule has 4 heterocycles. The number of thiazole rings is 1. The van der Waals surface area contributed by atoms with Gasteiger partial charge in [0.1, 0.15) is 0 Å². The number of hydrogen-bond donors (Lipinski definition) is 0. The van der Waals surface area contributed by atoms with Crippen molar-refractivity contribution in [1.29, 1.82) is 0 Å². The summed E-state index contributed by atoms with van der Waals surface area (Å²) in [5.41, 5.74) is 2.01. The number of likely N-dealkylation sites (tertiary alicyclic amines) is 1. The molecule has 1 amide bonds. The minimum Gasteiger partial charge on any atom is -0.336 e. The van der Waals surface area contributed by atoms with Gasteiger partial charge in [-0.1, -0.05) is 18.2 Å². The van der Waals surface area contributed by atoms with E-state index in [1.165, 1.54) is 11.3 Å². The molecule has 3 aromatic rings. The van der Waals surface area contributed by atoms with Crippen LogP contribution in [0.2, 0.25) is 0 Å². The van der Waals surface area contributed by atoms with E-state index in [-0.39, 0.29) is 17.4 Å². The number of piperidine rings is 1. The largest absolute Gasteiger partial charge is 0.336 e. The lowest BCUT2D eigenvalue weighted by molar-refractivity contribution is 0.0594. The summed E-state index contributed by atoms with van der Waals surface area (Å²) in [6, 6.07) is 13.3. The molecular weight excluding hydrogens is 334 g/mol. The highest BCUT2D eigenvalue weighted by atomic mass is 32.1. The smallest absolute Gasteiger partial charge is 0.282 e. The first kappa shape index (κ1) is 14.8. The zero-order chi connectivity index (χ0) is 17.0. The van der Waals surface area contributed by atoms with Crippen LogP contribution < -0.4 is 5.56 Å². The van der Waals surface area contributed by atoms with Crippen LogP contribution in [0.3, 0.4) is 0 Å². The van der Waals surface area contributed by atoms with Gasteiger partial charge >= 0.3 is 0 Å². The summed E-state index contributed by atoms with van der Waals surface area (Å²) in [7, 11) is 0. The van der Waals surface area contributed by atoms with Crippen LogP contribution in [0.25, 0.3) is 10.2 Å². The third-order valence-corrected chi connectivity index (χ3v) is 6.27. The molecule has 2 aromatic heterocycles. The van der Waals surface area contributed by atoms with Crippen LogP contribution in [0.1, 0.15) is 27.8 Å². The Morgan fingerprint density at radius 1 is 1.08 bits per heavy atom. The zero-order valence-corrected chi connectivity index (χ0v) is 14.4. The molecule has 1 aromatic carbocycles. The molecule has 5 nitrogen and oxygen atoms in total. The lowest BCUT2D eigenvalue weighted by Gasteiger charge is -2.42. The fraction of sp³-hybridized carbons (Fsp3) is 0.316. The molecule has 6 heteroatoms. The number of para-hydroxylation sites is 1. The molecular formula is C19H17N3O2S. The standard InChI is InChI=1S/C19H17N3O2S/c23-17-7-3-5-15-13-8-12(10-22(15)17)9-21(11-13)19(24)18-20-14-4-1-2-6-16(14)25-18/h1-7,12-13H,8-11H2/t12-,13+/m1/s1. The Kier molecular flexibility index (Phi) is 3.28. The van der Waals surface area contributed by atoms with Crippen LogP contribution in [0.15, 0.2) is 47.3 Å². The average Bonchev–Trinajstić information content (AvgIpc) is 3.06. The summed E-state index contributed by atoms with van der Waals surface area (Å²) in [5, 5.41) is 0.562. The van der Waals surface area contributed by atoms with Crippen molar-refractivity contribution >= 4 is 27.5 Å². The lowest BCUT2D eigenvalue weighted by atomic mass is 9.83. The summed E-state index contributed by atoms with van der Waals surface area (Å²) in [4.78, 5) is 31.5. The summed E-state index contributed by atoms with van der Waals surface area (Å²) in [6.07, 6.45) is 1.05. The van der Waals surface area contributed by atoms with E-state index in [2.05, 4.69) is 4.98 Å². The summed E-state index contributed by atoms with van der Waals surface area (Å²) in [6.45, 7) is 2.07. The normalized spacial score (nSPS) is 22.0. The molecule has 2 atom stereocenters. The van der Waals surface area contributed by atoms with Crippen LogP contribution in [0, 0.1) is 5.92 Å². The number of amides is 1. The molecule has 1 saturated heterocycles. The number of hydrogen-bond acceptors (Lipinski definition) is 4. The highest BCUT2D eigenvalue weighted by Gasteiger charge is 2.37. The quantitative estimate of drug-likeness (QED) is 0.677. The maximum Gasteiger partial charge on any atom is 0.282 e. The maximum atomic E-state index is 13.0. The van der Waals surface area contributed by atoms with E-state index in [1.807, 2.05) is 45.9 Å². The first-order valence-electron chi connectivity index (χ1n) is 8.53. The lowest BCUT2D eigenvalue weighted by Crippen LogP contribution is -2.49. The van der Waals surface area contributed by atoms with Gasteiger partial charge < -0.3 is 9.47 Å². The van der Waals surface area contributed by atoms with Crippen molar-refractivity contribution in [3.05, 3.63) is 63.5 Å². The topological polar surface area (TPSA) is 55.2 Å². The van der Waals surface area contributed by atoms with Crippen molar-refractivity contribution in [3.8, 4) is 0 Å². The van der Waals surface area contributed by atoms with E-state index in [0.29, 0.717) is 30.6 Å². The van der Waals surface area contributed by atoms with Crippen LogP contribution in [0.5, 0.6) is 0 Å². The second-order valence-electron chi connectivity index (χ2n) is 6.90. The van der Waals surface area contributed by atoms with Crippen molar-refractivity contribution in [3.63, 3.8) is 0 Å². The Morgan fingerprint density at radius 2 is 1.96 bits per heavy atom. The third kappa shape index (κ3) is 2.40. The predicted molar refractivity (Wildman–Crippen MR) is 97.1 cm³/mol. The van der Waals surface area contributed by atoms with Gasteiger partial charge in [0.05, 0.1) is 10.2 Å². The van der Waals surface area contributed by atoms with Gasteiger partial charge in [-0.25, -0.2) is 4.98 Å². The molecule has 0 radical (unpaired) electrons. The predicted octanol–water partition coefficient (Wildman–Crippen LogP) is 2.72. The van der Waals surface area contributed by atoms with Gasteiger partial charge in [0.15, 0.2) is 5.01 Å². The van der Waals surface area contributed by atoms with Crippen molar-refractivity contribution in [2.75, 3.05) is 13.1 Å². The maximum absolute atomic E-state index is 13.0. The fourth-order valence-corrected chi connectivity index (χ4v) is 5.09. The fourth-order valence-electron chi connectivity index (χ4n) is 4.16. The van der Waals surface area contributed by atoms with E-state index in [9.17, 15) is 9.59 Å². The van der Waals surface area contributed by atoms with Crippen molar-refractivity contribution < 1.29 is 4.79 Å². The molecule has 5 rings (SSSR count). The number of benzene rings is 1. The first-order valence-corrected chi connectivity index (χ1v) is 9.35. The molecule has 0 N–H and O–H groups in total. The summed E-state index contributed by atoms with van der Waals surface area (Å²) in [5.74, 6) is 0.590. The van der Waals surface area contributed by atoms with Gasteiger partial charge in [-0.3, -0.25) is 9.59 Å².